The van der Waals surface area contributed by atoms with Crippen LogP contribution in [0.2, 0.25) is 0 Å². The van der Waals surface area contributed by atoms with Crippen LogP contribution in [0.5, 0.6) is 0 Å². The summed E-state index contributed by atoms with van der Waals surface area (Å²) < 4.78 is 2.68. The van der Waals surface area contributed by atoms with Gasteiger partial charge >= 0.3 is 0 Å². The molecule has 0 aliphatic heterocycles. The van der Waals surface area contributed by atoms with E-state index in [0.29, 0.717) is 12.8 Å². The Morgan fingerprint density at radius 1 is 1.62 bits per heavy atom. The molecular weight excluding hydrogens is 186 g/mol. The van der Waals surface area contributed by atoms with E-state index in [9.17, 15) is 0 Å². The molecule has 0 saturated heterocycles. The van der Waals surface area contributed by atoms with Crippen molar-refractivity contribution in [2.75, 3.05) is 19.9 Å². The first-order chi connectivity index (χ1) is 3.56. The Labute approximate surface area is 63.9 Å². The molecule has 0 aromatic heterocycles. The predicted octanol–water partition coefficient (Wildman–Crippen LogP) is 2.42. The van der Waals surface area contributed by atoms with Gasteiger partial charge in [-0.15, -0.1) is 0 Å². The van der Waals surface area contributed by atoms with Gasteiger partial charge in [-0.05, 0) is 0 Å². The van der Waals surface area contributed by atoms with Gasteiger partial charge in [0.15, 0.2) is 0 Å². The Hall–Kier alpha value is 1.19. The molecule has 0 spiro atoms. The normalized spacial score (nSPS) is 11.9. The Balaban J connectivity index is 3.26. The first kappa shape index (κ1) is 9.19. The SMILES string of the molecule is COCCP(=S)(Cl)Cl. The van der Waals surface area contributed by atoms with E-state index in [1.807, 2.05) is 0 Å². The van der Waals surface area contributed by atoms with Crippen LogP contribution in [-0.4, -0.2) is 19.9 Å². The van der Waals surface area contributed by atoms with Gasteiger partial charge in [0, 0.05) is 13.3 Å². The lowest BCUT2D eigenvalue weighted by Gasteiger charge is -2.01. The van der Waals surface area contributed by atoms with Crippen LogP contribution >= 0.6 is 27.2 Å². The zero-order valence-corrected chi connectivity index (χ0v) is 7.66. The summed E-state index contributed by atoms with van der Waals surface area (Å²) in [5, 5.41) is 0. The molecule has 0 bridgehead atoms. The monoisotopic (exact) mass is 192 g/mol. The lowest BCUT2D eigenvalue weighted by Crippen LogP contribution is -1.90. The van der Waals surface area contributed by atoms with Crippen molar-refractivity contribution in [3.63, 3.8) is 0 Å². The molecule has 0 radical (unpaired) electrons. The molecule has 0 aromatic rings. The van der Waals surface area contributed by atoms with Crippen molar-refractivity contribution < 1.29 is 4.74 Å². The highest BCUT2D eigenvalue weighted by Gasteiger charge is 2.05. The number of hydrogen-bond acceptors (Lipinski definition) is 2. The van der Waals surface area contributed by atoms with Gasteiger partial charge < -0.3 is 4.74 Å². The van der Waals surface area contributed by atoms with Crippen molar-refractivity contribution in [1.29, 1.82) is 0 Å². The van der Waals surface area contributed by atoms with E-state index >= 15 is 0 Å². The van der Waals surface area contributed by atoms with Crippen molar-refractivity contribution in [2.45, 2.75) is 0 Å². The molecule has 5 heteroatoms. The lowest BCUT2D eigenvalue weighted by atomic mass is 10.9. The molecule has 0 heterocycles. The molecule has 0 aromatic carbocycles. The fourth-order valence-electron chi connectivity index (χ4n) is 0.198. The van der Waals surface area contributed by atoms with Crippen LogP contribution in [0.4, 0.5) is 0 Å². The molecule has 0 N–H and O–H groups in total. The highest BCUT2D eigenvalue weighted by atomic mass is 35.9. The van der Waals surface area contributed by atoms with Crippen LogP contribution in [0.15, 0.2) is 0 Å². The summed E-state index contributed by atoms with van der Waals surface area (Å²) in [7, 11) is 1.60. The molecule has 8 heavy (non-hydrogen) atoms. The molecule has 50 valence electrons. The Morgan fingerprint density at radius 2 is 2.12 bits per heavy atom. The third-order valence-corrected chi connectivity index (χ3v) is 2.82. The average molecular weight is 193 g/mol. The van der Waals surface area contributed by atoms with Gasteiger partial charge in [-0.3, -0.25) is 0 Å². The first-order valence-electron chi connectivity index (χ1n) is 2.03. The molecule has 0 aliphatic carbocycles. The van der Waals surface area contributed by atoms with E-state index in [2.05, 4.69) is 0 Å². The summed E-state index contributed by atoms with van der Waals surface area (Å²) in [6.45, 7) is 0.560. The van der Waals surface area contributed by atoms with Gasteiger partial charge in [0.25, 0.3) is 0 Å². The van der Waals surface area contributed by atoms with E-state index in [1.165, 1.54) is 0 Å². The quantitative estimate of drug-likeness (QED) is 0.636. The Bertz CT molecular complexity index is 101. The van der Waals surface area contributed by atoms with Crippen LogP contribution in [-0.2, 0) is 16.5 Å². The van der Waals surface area contributed by atoms with E-state index in [-0.39, 0.29) is 0 Å². The van der Waals surface area contributed by atoms with Crippen molar-refractivity contribution in [2.24, 2.45) is 0 Å². The summed E-state index contributed by atoms with van der Waals surface area (Å²) in [6, 6.07) is 0. The predicted molar refractivity (Wildman–Crippen MR) is 42.7 cm³/mol. The maximum Gasteiger partial charge on any atom is 0.122 e. The number of rotatable bonds is 3. The van der Waals surface area contributed by atoms with Gasteiger partial charge in [-0.1, -0.05) is 34.3 Å². The molecule has 0 amide bonds. The summed E-state index contributed by atoms with van der Waals surface area (Å²) in [5.74, 6) is 0. The van der Waals surface area contributed by atoms with Crippen molar-refractivity contribution >= 4 is 39.0 Å². The molecule has 1 nitrogen and oxygen atoms in total. The summed E-state index contributed by atoms with van der Waals surface area (Å²) >= 11 is 15.8. The molecule has 0 unspecified atom stereocenters. The van der Waals surface area contributed by atoms with Gasteiger partial charge in [-0.25, -0.2) is 0 Å². The minimum Gasteiger partial charge on any atom is -0.384 e. The van der Waals surface area contributed by atoms with Crippen LogP contribution < -0.4 is 0 Å². The summed E-state index contributed by atoms with van der Waals surface area (Å²) in [5.41, 5.74) is 0. The Kier molecular flexibility index (Phi) is 4.68. The van der Waals surface area contributed by atoms with Crippen molar-refractivity contribution in [1.82, 2.24) is 0 Å². The van der Waals surface area contributed by atoms with Gasteiger partial charge in [0.05, 0.1) is 6.61 Å². The molecule has 0 saturated carbocycles. The summed E-state index contributed by atoms with van der Waals surface area (Å²) in [4.78, 5) is 0. The molecule has 0 fully saturated rings. The van der Waals surface area contributed by atoms with Gasteiger partial charge in [-0.2, -0.15) is 0 Å². The second kappa shape index (κ2) is 4.08. The van der Waals surface area contributed by atoms with E-state index in [1.54, 1.807) is 7.11 Å². The molecule has 0 aliphatic rings. The third-order valence-electron chi connectivity index (χ3n) is 0.556. The third kappa shape index (κ3) is 7.19. The smallest absolute Gasteiger partial charge is 0.122 e. The maximum absolute atomic E-state index is 5.52. The highest BCUT2D eigenvalue weighted by Crippen LogP contribution is 2.56. The average Bonchev–Trinajstić information content (AvgIpc) is 1.59. The van der Waals surface area contributed by atoms with Crippen molar-refractivity contribution in [3.05, 3.63) is 0 Å². The van der Waals surface area contributed by atoms with Crippen LogP contribution in [0.3, 0.4) is 0 Å². The van der Waals surface area contributed by atoms with Crippen LogP contribution in [0.1, 0.15) is 0 Å². The fraction of sp³-hybridized carbons (Fsp3) is 1.00. The zero-order chi connectivity index (χ0) is 6.62. The standard InChI is InChI=1S/C3H7Cl2OPS/c1-6-2-3-7(4,5)8/h2-3H2,1H3. The van der Waals surface area contributed by atoms with E-state index in [4.69, 9.17) is 39.0 Å². The van der Waals surface area contributed by atoms with Gasteiger partial charge in [0.2, 0.25) is 0 Å². The minimum atomic E-state index is -2.03. The van der Waals surface area contributed by atoms with Gasteiger partial charge in [0.1, 0.15) is 4.74 Å². The van der Waals surface area contributed by atoms with E-state index in [0.717, 1.165) is 0 Å². The first-order valence-corrected chi connectivity index (χ1v) is 6.83. The van der Waals surface area contributed by atoms with Crippen LogP contribution in [0, 0.1) is 0 Å². The summed E-state index contributed by atoms with van der Waals surface area (Å²) in [6.07, 6.45) is 0.599. The maximum atomic E-state index is 5.52. The Morgan fingerprint density at radius 3 is 2.25 bits per heavy atom. The number of halogens is 2. The van der Waals surface area contributed by atoms with Crippen LogP contribution in [0.25, 0.3) is 0 Å². The lowest BCUT2D eigenvalue weighted by molar-refractivity contribution is 0.218. The van der Waals surface area contributed by atoms with Crippen molar-refractivity contribution in [3.8, 4) is 0 Å². The number of methoxy groups -OCH3 is 1. The number of hydrogen-bond donors (Lipinski definition) is 0. The molecule has 0 atom stereocenters. The minimum absolute atomic E-state index is 0.560. The molecular formula is C3H7Cl2OPS. The molecule has 0 rings (SSSR count). The topological polar surface area (TPSA) is 9.23 Å². The second-order valence-corrected chi connectivity index (χ2v) is 9.93. The zero-order valence-electron chi connectivity index (χ0n) is 4.43. The number of ether oxygens (including phenoxy) is 1. The largest absolute Gasteiger partial charge is 0.384 e. The van der Waals surface area contributed by atoms with E-state index < -0.39 is 4.74 Å². The fourth-order valence-corrected chi connectivity index (χ4v) is 1.23. The highest BCUT2D eigenvalue weighted by molar-refractivity contribution is 8.39. The second-order valence-electron chi connectivity index (χ2n) is 1.29.